The van der Waals surface area contributed by atoms with E-state index in [1.807, 2.05) is 23.1 Å². The molecule has 1 aromatic heterocycles. The lowest BCUT2D eigenvalue weighted by atomic mass is 9.81. The van der Waals surface area contributed by atoms with E-state index in [9.17, 15) is 9.59 Å². The molecule has 1 saturated heterocycles. The van der Waals surface area contributed by atoms with E-state index < -0.39 is 6.03 Å². The summed E-state index contributed by atoms with van der Waals surface area (Å²) in [7, 11) is 0. The number of thiazole rings is 1. The van der Waals surface area contributed by atoms with Crippen LogP contribution in [0.2, 0.25) is 4.34 Å². The minimum atomic E-state index is -0.416. The number of aromatic nitrogens is 1. The van der Waals surface area contributed by atoms with Crippen molar-refractivity contribution >= 4 is 56.5 Å². The molecule has 1 fully saturated rings. The van der Waals surface area contributed by atoms with Gasteiger partial charge < -0.3 is 15.5 Å². The van der Waals surface area contributed by atoms with Crippen molar-refractivity contribution < 1.29 is 9.59 Å². The number of likely N-dealkylation sites (tertiary alicyclic amines) is 1. The van der Waals surface area contributed by atoms with Crippen LogP contribution in [0.4, 0.5) is 10.5 Å². The Kier molecular flexibility index (Phi) is 4.45. The second kappa shape index (κ2) is 6.51. The van der Waals surface area contributed by atoms with Crippen molar-refractivity contribution in [2.24, 2.45) is 5.73 Å². The Morgan fingerprint density at radius 3 is 2.85 bits per heavy atom. The van der Waals surface area contributed by atoms with Gasteiger partial charge in [0.15, 0.2) is 0 Å². The Labute approximate surface area is 168 Å². The zero-order chi connectivity index (χ0) is 18.5. The van der Waals surface area contributed by atoms with Crippen molar-refractivity contribution in [3.63, 3.8) is 0 Å². The zero-order valence-electron chi connectivity index (χ0n) is 13.7. The van der Waals surface area contributed by atoms with E-state index in [4.69, 9.17) is 17.3 Å². The van der Waals surface area contributed by atoms with Crippen molar-refractivity contribution in [3.05, 3.63) is 43.8 Å². The summed E-state index contributed by atoms with van der Waals surface area (Å²) in [5.41, 5.74) is 7.18. The molecule has 3 heterocycles. The number of hydrogen-bond acceptors (Lipinski definition) is 4. The van der Waals surface area contributed by atoms with E-state index in [1.165, 1.54) is 11.3 Å². The molecule has 0 saturated carbocycles. The molecular weight excluding hydrogens is 440 g/mol. The fourth-order valence-electron chi connectivity index (χ4n) is 3.87. The second-order valence-corrected chi connectivity index (χ2v) is 9.33. The maximum atomic E-state index is 13.0. The number of anilines is 1. The molecule has 136 valence electrons. The molecule has 2 N–H and O–H groups in total. The largest absolute Gasteiger partial charge is 0.351 e. The highest BCUT2D eigenvalue weighted by Crippen LogP contribution is 2.47. The molecule has 1 unspecified atom stereocenters. The van der Waals surface area contributed by atoms with Gasteiger partial charge in [0.25, 0.3) is 0 Å². The summed E-state index contributed by atoms with van der Waals surface area (Å²) < 4.78 is 1.53. The summed E-state index contributed by atoms with van der Waals surface area (Å²) >= 11 is 10.8. The quantitative estimate of drug-likeness (QED) is 0.755. The van der Waals surface area contributed by atoms with Crippen molar-refractivity contribution in [1.82, 2.24) is 9.88 Å². The van der Waals surface area contributed by atoms with Gasteiger partial charge in [-0.3, -0.25) is 4.79 Å². The smallest absolute Gasteiger partial charge is 0.314 e. The fourth-order valence-corrected chi connectivity index (χ4v) is 5.18. The second-order valence-electron chi connectivity index (χ2n) is 6.67. The van der Waals surface area contributed by atoms with Gasteiger partial charge in [0.05, 0.1) is 12.6 Å². The number of hydrogen-bond donors (Lipinski definition) is 1. The van der Waals surface area contributed by atoms with E-state index in [1.54, 1.807) is 11.1 Å². The van der Waals surface area contributed by atoms with Gasteiger partial charge in [0, 0.05) is 35.2 Å². The summed E-state index contributed by atoms with van der Waals surface area (Å²) in [6.45, 7) is 1.67. The Morgan fingerprint density at radius 1 is 1.38 bits per heavy atom. The molecule has 3 amide bonds. The molecule has 9 heteroatoms. The van der Waals surface area contributed by atoms with Crippen molar-refractivity contribution in [3.8, 4) is 0 Å². The lowest BCUT2D eigenvalue weighted by Crippen LogP contribution is -2.41. The van der Waals surface area contributed by atoms with E-state index in [-0.39, 0.29) is 17.7 Å². The normalized spacial score (nSPS) is 21.5. The van der Waals surface area contributed by atoms with Crippen LogP contribution in [0.25, 0.3) is 0 Å². The number of carbonyl (C=O) groups is 2. The van der Waals surface area contributed by atoms with Gasteiger partial charge in [-0.2, -0.15) is 0 Å². The number of carbonyl (C=O) groups excluding carboxylic acids is 2. The van der Waals surface area contributed by atoms with Crippen LogP contribution in [-0.4, -0.2) is 41.5 Å². The van der Waals surface area contributed by atoms with Crippen LogP contribution in [0.3, 0.4) is 0 Å². The molecule has 2 aromatic rings. The molecule has 0 bridgehead atoms. The number of nitrogens with zero attached hydrogens (tertiary/aromatic N) is 3. The predicted molar refractivity (Wildman–Crippen MR) is 105 cm³/mol. The summed E-state index contributed by atoms with van der Waals surface area (Å²) in [4.78, 5) is 32.2. The van der Waals surface area contributed by atoms with Crippen LogP contribution >= 0.6 is 38.9 Å². The molecule has 2 aliphatic heterocycles. The van der Waals surface area contributed by atoms with Crippen molar-refractivity contribution in [2.45, 2.75) is 18.3 Å². The molecular formula is C17H16BrClN4O2S. The Bertz CT molecular complexity index is 905. The van der Waals surface area contributed by atoms with Gasteiger partial charge in [-0.15, -0.1) is 11.3 Å². The third-order valence-electron chi connectivity index (χ3n) is 5.08. The van der Waals surface area contributed by atoms with E-state index in [0.29, 0.717) is 29.0 Å². The first-order chi connectivity index (χ1) is 12.4. The summed E-state index contributed by atoms with van der Waals surface area (Å²) in [5, 5.41) is 0.699. The van der Waals surface area contributed by atoms with Gasteiger partial charge in [-0.05, 0) is 30.2 Å². The summed E-state index contributed by atoms with van der Waals surface area (Å²) in [6.07, 6.45) is 2.56. The summed E-state index contributed by atoms with van der Waals surface area (Å²) in [5.74, 6) is -0.0195. The number of amides is 3. The van der Waals surface area contributed by atoms with E-state index in [0.717, 1.165) is 22.1 Å². The molecule has 26 heavy (non-hydrogen) atoms. The monoisotopic (exact) mass is 454 g/mol. The molecule has 4 rings (SSSR count). The molecule has 6 nitrogen and oxygen atoms in total. The molecule has 2 aliphatic rings. The lowest BCUT2D eigenvalue weighted by Gasteiger charge is -2.25. The van der Waals surface area contributed by atoms with Crippen LogP contribution in [0.15, 0.2) is 28.9 Å². The van der Waals surface area contributed by atoms with Gasteiger partial charge in [0.1, 0.15) is 9.34 Å². The van der Waals surface area contributed by atoms with Gasteiger partial charge in [-0.25, -0.2) is 9.78 Å². The molecule has 1 spiro atoms. The number of halogens is 2. The van der Waals surface area contributed by atoms with Gasteiger partial charge in [-0.1, -0.05) is 27.5 Å². The van der Waals surface area contributed by atoms with Crippen molar-refractivity contribution in [1.29, 1.82) is 0 Å². The van der Waals surface area contributed by atoms with Crippen LogP contribution in [-0.2, 0) is 16.6 Å². The minimum Gasteiger partial charge on any atom is -0.351 e. The number of primary amides is 1. The zero-order valence-corrected chi connectivity index (χ0v) is 16.9. The third kappa shape index (κ3) is 3.00. The van der Waals surface area contributed by atoms with Gasteiger partial charge >= 0.3 is 6.03 Å². The Hall–Kier alpha value is -1.64. The third-order valence-corrected chi connectivity index (χ3v) is 6.68. The number of urea groups is 1. The Morgan fingerprint density at radius 2 is 2.19 bits per heavy atom. The minimum absolute atomic E-state index is 0.0195. The number of benzene rings is 1. The average Bonchev–Trinajstić information content (AvgIpc) is 3.27. The van der Waals surface area contributed by atoms with Crippen LogP contribution in [0, 0.1) is 0 Å². The average molecular weight is 456 g/mol. The van der Waals surface area contributed by atoms with E-state index in [2.05, 4.69) is 20.9 Å². The standard InChI is InChI=1S/C17H16BrClN4O2S/c18-10-1-2-12-11(5-10)17(3-4-22(8-17)16(20)25)9-23(12)15(24)6-14-21-7-13(19)26-14/h1-2,5,7H,3-4,6,8-9H2,(H2,20,25). The first-order valence-electron chi connectivity index (χ1n) is 8.13. The summed E-state index contributed by atoms with van der Waals surface area (Å²) in [6, 6.07) is 5.51. The highest BCUT2D eigenvalue weighted by molar-refractivity contribution is 9.10. The number of rotatable bonds is 2. The first-order valence-corrected chi connectivity index (χ1v) is 10.1. The number of fused-ring (bicyclic) bond motifs is 2. The van der Waals surface area contributed by atoms with Crippen LogP contribution in [0.1, 0.15) is 17.0 Å². The highest BCUT2D eigenvalue weighted by atomic mass is 79.9. The topological polar surface area (TPSA) is 79.5 Å². The SMILES string of the molecule is NC(=O)N1CCC2(C1)CN(C(=O)Cc1ncc(Cl)s1)c1ccc(Br)cc12. The molecule has 0 aliphatic carbocycles. The predicted octanol–water partition coefficient (Wildman–Crippen LogP) is 3.17. The molecule has 1 aromatic carbocycles. The Balaban J connectivity index is 1.66. The molecule has 1 atom stereocenters. The highest BCUT2D eigenvalue weighted by Gasteiger charge is 2.49. The van der Waals surface area contributed by atoms with Crippen LogP contribution < -0.4 is 10.6 Å². The fraction of sp³-hybridized carbons (Fsp3) is 0.353. The lowest BCUT2D eigenvalue weighted by molar-refractivity contribution is -0.118. The first kappa shape index (κ1) is 17.8. The van der Waals surface area contributed by atoms with E-state index >= 15 is 0 Å². The van der Waals surface area contributed by atoms with Crippen molar-refractivity contribution in [2.75, 3.05) is 24.5 Å². The maximum Gasteiger partial charge on any atom is 0.314 e. The van der Waals surface area contributed by atoms with Gasteiger partial charge in [0.2, 0.25) is 5.91 Å². The number of nitrogens with two attached hydrogens (primary N) is 1. The molecule has 0 radical (unpaired) electrons. The van der Waals surface area contributed by atoms with Crippen LogP contribution in [0.5, 0.6) is 0 Å². The maximum absolute atomic E-state index is 13.0.